The normalized spacial score (nSPS) is 13.9. The van der Waals surface area contributed by atoms with Crippen LogP contribution in [0.2, 0.25) is 0 Å². The van der Waals surface area contributed by atoms with Crippen LogP contribution in [0.1, 0.15) is 51.8 Å². The Hall–Kier alpha value is -3.45. The third-order valence-corrected chi connectivity index (χ3v) is 4.60. The first-order chi connectivity index (χ1) is 13.9. The first-order valence-electron chi connectivity index (χ1n) is 9.11. The second-order valence-electron chi connectivity index (χ2n) is 6.42. The van der Waals surface area contributed by atoms with E-state index in [1.54, 1.807) is 44.2 Å². The molecule has 0 aliphatic carbocycles. The summed E-state index contributed by atoms with van der Waals surface area (Å²) in [6, 6.07) is 8.32. The van der Waals surface area contributed by atoms with Gasteiger partial charge in [-0.3, -0.25) is 14.9 Å². The number of carbonyl (C=O) groups is 3. The molecule has 7 heteroatoms. The van der Waals surface area contributed by atoms with Gasteiger partial charge in [0.2, 0.25) is 0 Å². The molecule has 0 saturated heterocycles. The van der Waals surface area contributed by atoms with Gasteiger partial charge in [0.1, 0.15) is 5.75 Å². The summed E-state index contributed by atoms with van der Waals surface area (Å²) in [5, 5.41) is 12.6. The van der Waals surface area contributed by atoms with Crippen LogP contribution in [0.25, 0.3) is 17.2 Å². The lowest BCUT2D eigenvalue weighted by atomic mass is 9.86. The topological polar surface area (TPSA) is 102 Å². The van der Waals surface area contributed by atoms with Gasteiger partial charge in [0.15, 0.2) is 0 Å². The average Bonchev–Trinajstić information content (AvgIpc) is 2.99. The second-order valence-corrected chi connectivity index (χ2v) is 6.42. The molecule has 0 saturated carbocycles. The molecule has 29 heavy (non-hydrogen) atoms. The van der Waals surface area contributed by atoms with Gasteiger partial charge in [-0.1, -0.05) is 18.2 Å². The summed E-state index contributed by atoms with van der Waals surface area (Å²) in [5.74, 6) is -1.13. The molecule has 0 radical (unpaired) electrons. The molecule has 1 unspecified atom stereocenters. The van der Waals surface area contributed by atoms with Crippen LogP contribution in [-0.2, 0) is 9.53 Å². The summed E-state index contributed by atoms with van der Waals surface area (Å²) < 4.78 is 10.4. The van der Waals surface area contributed by atoms with Crippen molar-refractivity contribution in [3.8, 4) is 16.9 Å². The van der Waals surface area contributed by atoms with Crippen LogP contribution >= 0.6 is 0 Å². The van der Waals surface area contributed by atoms with Crippen LogP contribution in [0.4, 0.5) is 0 Å². The minimum atomic E-state index is -0.911. The molecule has 150 valence electrons. The van der Waals surface area contributed by atoms with E-state index < -0.39 is 23.9 Å². The van der Waals surface area contributed by atoms with Crippen molar-refractivity contribution in [3.63, 3.8) is 0 Å². The number of nitrogens with one attached hydrogen (secondary N) is 1. The van der Waals surface area contributed by atoms with Crippen molar-refractivity contribution in [2.45, 2.75) is 20.0 Å². The Morgan fingerprint density at radius 2 is 1.90 bits per heavy atom. The number of aliphatic hydroxyl groups is 1. The van der Waals surface area contributed by atoms with Crippen molar-refractivity contribution >= 4 is 23.9 Å². The predicted molar refractivity (Wildman–Crippen MR) is 107 cm³/mol. The highest BCUT2D eigenvalue weighted by atomic mass is 16.5. The number of rotatable bonds is 6. The van der Waals surface area contributed by atoms with E-state index in [0.717, 1.165) is 0 Å². The fraction of sp³-hybridized carbons (Fsp3) is 0.227. The van der Waals surface area contributed by atoms with Crippen LogP contribution < -0.4 is 10.1 Å². The average molecular weight is 395 g/mol. The molecule has 2 amide bonds. The fourth-order valence-corrected chi connectivity index (χ4v) is 3.37. The summed E-state index contributed by atoms with van der Waals surface area (Å²) in [5.41, 5.74) is 2.31. The number of benzene rings is 2. The number of amides is 2. The van der Waals surface area contributed by atoms with Crippen LogP contribution in [0, 0.1) is 0 Å². The van der Waals surface area contributed by atoms with Gasteiger partial charge in [-0.2, -0.15) is 0 Å². The third-order valence-electron chi connectivity index (χ3n) is 4.60. The van der Waals surface area contributed by atoms with Crippen molar-refractivity contribution in [1.82, 2.24) is 5.32 Å². The highest BCUT2D eigenvalue weighted by Gasteiger charge is 2.33. The zero-order valence-corrected chi connectivity index (χ0v) is 16.3. The minimum Gasteiger partial charge on any atom is -0.496 e. The van der Waals surface area contributed by atoms with Crippen molar-refractivity contribution < 1.29 is 29.0 Å². The van der Waals surface area contributed by atoms with Crippen molar-refractivity contribution in [2.24, 2.45) is 0 Å². The van der Waals surface area contributed by atoms with Crippen LogP contribution in [-0.4, -0.2) is 36.6 Å². The van der Waals surface area contributed by atoms with E-state index in [0.29, 0.717) is 28.0 Å². The predicted octanol–water partition coefficient (Wildman–Crippen LogP) is 2.88. The maximum Gasteiger partial charge on any atom is 0.330 e. The van der Waals surface area contributed by atoms with E-state index in [2.05, 4.69) is 5.32 Å². The molecule has 2 aromatic rings. The van der Waals surface area contributed by atoms with Gasteiger partial charge in [0.05, 0.1) is 30.9 Å². The summed E-state index contributed by atoms with van der Waals surface area (Å²) in [6.45, 7) is 3.53. The maximum absolute atomic E-state index is 12.6. The Kier molecular flexibility index (Phi) is 5.79. The number of ether oxygens (including phenoxy) is 2. The Morgan fingerprint density at radius 3 is 2.55 bits per heavy atom. The van der Waals surface area contributed by atoms with E-state index in [1.165, 1.54) is 19.3 Å². The molecule has 0 spiro atoms. The van der Waals surface area contributed by atoms with Gasteiger partial charge in [0.25, 0.3) is 11.8 Å². The Labute approximate surface area is 167 Å². The van der Waals surface area contributed by atoms with Crippen molar-refractivity contribution in [3.05, 3.63) is 58.7 Å². The lowest BCUT2D eigenvalue weighted by Crippen LogP contribution is -2.20. The number of methoxy groups -OCH3 is 1. The van der Waals surface area contributed by atoms with Gasteiger partial charge < -0.3 is 14.6 Å². The molecule has 1 aliphatic rings. The van der Waals surface area contributed by atoms with Crippen LogP contribution in [0.15, 0.2) is 36.4 Å². The molecule has 2 aromatic carbocycles. The van der Waals surface area contributed by atoms with E-state index in [-0.39, 0.29) is 17.7 Å². The molecule has 1 atom stereocenters. The van der Waals surface area contributed by atoms with E-state index in [1.807, 2.05) is 0 Å². The highest BCUT2D eigenvalue weighted by Crippen LogP contribution is 2.42. The Balaban J connectivity index is 2.32. The molecule has 7 nitrogen and oxygen atoms in total. The number of fused-ring (bicyclic) bond motifs is 1. The molecule has 0 fully saturated rings. The minimum absolute atomic E-state index is 0.170. The molecule has 0 aromatic heterocycles. The monoisotopic (exact) mass is 395 g/mol. The van der Waals surface area contributed by atoms with Crippen molar-refractivity contribution in [1.29, 1.82) is 0 Å². The summed E-state index contributed by atoms with van der Waals surface area (Å²) in [7, 11) is 1.48. The molecule has 0 bridgehead atoms. The second kappa shape index (κ2) is 8.28. The third kappa shape index (κ3) is 3.77. The number of hydrogen-bond acceptors (Lipinski definition) is 6. The van der Waals surface area contributed by atoms with E-state index in [9.17, 15) is 19.5 Å². The summed E-state index contributed by atoms with van der Waals surface area (Å²) in [4.78, 5) is 36.5. The number of esters is 1. The zero-order chi connectivity index (χ0) is 21.1. The van der Waals surface area contributed by atoms with Gasteiger partial charge in [-0.15, -0.1) is 0 Å². The Bertz CT molecular complexity index is 1020. The van der Waals surface area contributed by atoms with Crippen LogP contribution in [0.3, 0.4) is 0 Å². The Morgan fingerprint density at radius 1 is 1.14 bits per heavy atom. The molecule has 1 aliphatic heterocycles. The molecule has 2 N–H and O–H groups in total. The lowest BCUT2D eigenvalue weighted by molar-refractivity contribution is -0.137. The smallest absolute Gasteiger partial charge is 0.330 e. The van der Waals surface area contributed by atoms with E-state index in [4.69, 9.17) is 9.47 Å². The largest absolute Gasteiger partial charge is 0.496 e. The molecule has 1 heterocycles. The molecular formula is C22H21NO6. The maximum atomic E-state index is 12.6. The fourth-order valence-electron chi connectivity index (χ4n) is 3.37. The van der Waals surface area contributed by atoms with Gasteiger partial charge in [-0.05, 0) is 43.2 Å². The van der Waals surface area contributed by atoms with E-state index >= 15 is 0 Å². The SMILES string of the molecule is CCOC(=O)/C=C/c1cccc(OC)c1-c1c(C(C)O)ccc2c1C(=O)NC2=O. The standard InChI is InChI=1S/C22H21NO6/c1-4-29-17(25)11-8-13-6-5-7-16(28-3)18(13)19-14(12(2)24)9-10-15-20(19)22(27)23-21(15)26/h5-12,24H,4H2,1-3H3,(H,23,26,27)/b11-8+. The van der Waals surface area contributed by atoms with Crippen molar-refractivity contribution in [2.75, 3.05) is 13.7 Å². The molecular weight excluding hydrogens is 374 g/mol. The number of imide groups is 1. The number of aliphatic hydroxyl groups excluding tert-OH is 1. The molecule has 3 rings (SSSR count). The number of carbonyl (C=O) groups excluding carboxylic acids is 3. The lowest BCUT2D eigenvalue weighted by Gasteiger charge is -2.19. The number of hydrogen-bond donors (Lipinski definition) is 2. The quantitative estimate of drug-likeness (QED) is 0.443. The van der Waals surface area contributed by atoms with Gasteiger partial charge >= 0.3 is 5.97 Å². The first-order valence-corrected chi connectivity index (χ1v) is 9.11. The first kappa shape index (κ1) is 20.3. The summed E-state index contributed by atoms with van der Waals surface area (Å²) in [6.07, 6.45) is 1.92. The van der Waals surface area contributed by atoms with Gasteiger partial charge in [0, 0.05) is 17.2 Å². The van der Waals surface area contributed by atoms with Gasteiger partial charge in [-0.25, -0.2) is 4.79 Å². The highest BCUT2D eigenvalue weighted by molar-refractivity contribution is 6.24. The van der Waals surface area contributed by atoms with Crippen LogP contribution in [0.5, 0.6) is 5.75 Å². The summed E-state index contributed by atoms with van der Waals surface area (Å²) >= 11 is 0. The zero-order valence-electron chi connectivity index (χ0n) is 16.3.